The molecular weight excluding hydrogens is 291 g/mol. The number of nitrogens with zero attached hydrogens (tertiary/aromatic N) is 4. The predicted molar refractivity (Wildman–Crippen MR) is 61.3 cm³/mol. The van der Waals surface area contributed by atoms with Crippen LogP contribution >= 0.6 is 22.6 Å². The zero-order chi connectivity index (χ0) is 10.1. The minimum atomic E-state index is 0.670. The van der Waals surface area contributed by atoms with Gasteiger partial charge in [0.1, 0.15) is 6.33 Å². The topological polar surface area (TPSA) is 43.6 Å². The van der Waals surface area contributed by atoms with E-state index in [0.29, 0.717) is 5.95 Å². The molecule has 2 aromatic heterocycles. The van der Waals surface area contributed by atoms with Gasteiger partial charge in [-0.1, -0.05) is 0 Å². The van der Waals surface area contributed by atoms with Gasteiger partial charge in [0.05, 0.1) is 5.69 Å². The molecule has 0 saturated carbocycles. The molecule has 0 spiro atoms. The lowest BCUT2D eigenvalue weighted by molar-refractivity contribution is 0.890. The van der Waals surface area contributed by atoms with Crippen LogP contribution in [0.5, 0.6) is 0 Å². The Balaban J connectivity index is 2.49. The van der Waals surface area contributed by atoms with Gasteiger partial charge in [-0.2, -0.15) is 0 Å². The number of aromatic nitrogens is 4. The summed E-state index contributed by atoms with van der Waals surface area (Å²) < 4.78 is 2.91. The molecule has 4 nitrogen and oxygen atoms in total. The van der Waals surface area contributed by atoms with E-state index in [0.717, 1.165) is 15.0 Å². The highest BCUT2D eigenvalue weighted by Gasteiger charge is 2.05. The first-order valence-corrected chi connectivity index (χ1v) is 5.25. The minimum absolute atomic E-state index is 0.670. The van der Waals surface area contributed by atoms with Crippen LogP contribution in [0.2, 0.25) is 0 Å². The predicted octanol–water partition coefficient (Wildman–Crippen LogP) is 1.88. The molecule has 0 aliphatic heterocycles. The third kappa shape index (κ3) is 1.63. The Morgan fingerprint density at radius 3 is 2.29 bits per heavy atom. The highest BCUT2D eigenvalue weighted by Crippen LogP contribution is 2.09. The van der Waals surface area contributed by atoms with Gasteiger partial charge in [-0.15, -0.1) is 0 Å². The number of halogens is 1. The van der Waals surface area contributed by atoms with Crippen LogP contribution in [0, 0.1) is 17.4 Å². The van der Waals surface area contributed by atoms with Crippen molar-refractivity contribution in [2.75, 3.05) is 0 Å². The highest BCUT2D eigenvalue weighted by molar-refractivity contribution is 14.1. The van der Waals surface area contributed by atoms with E-state index in [1.165, 1.54) is 0 Å². The molecule has 0 atom stereocenters. The Morgan fingerprint density at radius 2 is 1.79 bits per heavy atom. The van der Waals surface area contributed by atoms with Crippen LogP contribution in [-0.4, -0.2) is 19.5 Å². The Kier molecular flexibility index (Phi) is 2.49. The summed E-state index contributed by atoms with van der Waals surface area (Å²) in [6, 6.07) is 0. The lowest BCUT2D eigenvalue weighted by Crippen LogP contribution is -2.01. The minimum Gasteiger partial charge on any atom is -0.271 e. The van der Waals surface area contributed by atoms with E-state index in [2.05, 4.69) is 37.5 Å². The fraction of sp³-hybridized carbons (Fsp3) is 0.222. The van der Waals surface area contributed by atoms with Gasteiger partial charge in [-0.25, -0.2) is 15.0 Å². The van der Waals surface area contributed by atoms with Gasteiger partial charge in [-0.3, -0.25) is 4.57 Å². The Bertz CT molecular complexity index is 446. The second-order valence-electron chi connectivity index (χ2n) is 2.99. The molecule has 0 bridgehead atoms. The van der Waals surface area contributed by atoms with Crippen molar-refractivity contribution in [1.29, 1.82) is 0 Å². The summed E-state index contributed by atoms with van der Waals surface area (Å²) in [5, 5.41) is 0. The fourth-order valence-electron chi connectivity index (χ4n) is 1.13. The van der Waals surface area contributed by atoms with Crippen molar-refractivity contribution in [3.8, 4) is 5.95 Å². The summed E-state index contributed by atoms with van der Waals surface area (Å²) in [6.45, 7) is 3.97. The first-order valence-electron chi connectivity index (χ1n) is 4.17. The first-order chi connectivity index (χ1) is 6.68. The monoisotopic (exact) mass is 300 g/mol. The lowest BCUT2D eigenvalue weighted by atomic mass is 10.4. The van der Waals surface area contributed by atoms with Crippen LogP contribution in [0.25, 0.3) is 5.95 Å². The van der Waals surface area contributed by atoms with Crippen LogP contribution in [0.4, 0.5) is 0 Å². The molecule has 72 valence electrons. The molecule has 2 heterocycles. The van der Waals surface area contributed by atoms with E-state index in [4.69, 9.17) is 0 Å². The Labute approximate surface area is 95.6 Å². The Morgan fingerprint density at radius 1 is 1.14 bits per heavy atom. The second kappa shape index (κ2) is 3.64. The van der Waals surface area contributed by atoms with Gasteiger partial charge in [0.25, 0.3) is 0 Å². The number of rotatable bonds is 1. The maximum absolute atomic E-state index is 4.23. The van der Waals surface area contributed by atoms with Crippen molar-refractivity contribution < 1.29 is 0 Å². The van der Waals surface area contributed by atoms with Crippen molar-refractivity contribution >= 4 is 22.6 Å². The summed E-state index contributed by atoms with van der Waals surface area (Å²) in [7, 11) is 0. The lowest BCUT2D eigenvalue weighted by Gasteiger charge is -2.02. The van der Waals surface area contributed by atoms with Gasteiger partial charge in [0.15, 0.2) is 0 Å². The van der Waals surface area contributed by atoms with Crippen LogP contribution < -0.4 is 0 Å². The second-order valence-corrected chi connectivity index (χ2v) is 4.23. The number of imidazole rings is 1. The molecule has 2 aromatic rings. The van der Waals surface area contributed by atoms with Gasteiger partial charge in [-0.05, 0) is 36.4 Å². The normalized spacial score (nSPS) is 10.5. The molecule has 0 N–H and O–H groups in total. The van der Waals surface area contributed by atoms with Gasteiger partial charge in [0, 0.05) is 21.7 Å². The van der Waals surface area contributed by atoms with Crippen LogP contribution in [0.3, 0.4) is 0 Å². The zero-order valence-electron chi connectivity index (χ0n) is 7.90. The maximum Gasteiger partial charge on any atom is 0.235 e. The third-order valence-corrected chi connectivity index (χ3v) is 2.63. The van der Waals surface area contributed by atoms with Gasteiger partial charge < -0.3 is 0 Å². The van der Waals surface area contributed by atoms with Crippen LogP contribution in [0.1, 0.15) is 11.4 Å². The number of hydrogen-bond acceptors (Lipinski definition) is 3. The van der Waals surface area contributed by atoms with E-state index < -0.39 is 0 Å². The van der Waals surface area contributed by atoms with E-state index in [1.807, 2.05) is 18.4 Å². The number of aryl methyl sites for hydroxylation is 1. The van der Waals surface area contributed by atoms with Gasteiger partial charge in [0.2, 0.25) is 5.95 Å². The standard InChI is InChI=1S/C9H9IN4/c1-6-7(2)14(5-13-6)9-11-3-8(10)4-12-9/h3-5H,1-2H3. The molecule has 0 aliphatic carbocycles. The molecule has 0 aromatic carbocycles. The van der Waals surface area contributed by atoms with E-state index >= 15 is 0 Å². The van der Waals surface area contributed by atoms with E-state index in [1.54, 1.807) is 18.7 Å². The molecule has 0 aliphatic rings. The smallest absolute Gasteiger partial charge is 0.235 e. The summed E-state index contributed by atoms with van der Waals surface area (Å²) in [4.78, 5) is 12.7. The summed E-state index contributed by atoms with van der Waals surface area (Å²) in [5.74, 6) is 0.670. The van der Waals surface area contributed by atoms with Gasteiger partial charge >= 0.3 is 0 Å². The van der Waals surface area contributed by atoms with Crippen LogP contribution in [-0.2, 0) is 0 Å². The van der Waals surface area contributed by atoms with Crippen molar-refractivity contribution in [2.45, 2.75) is 13.8 Å². The molecule has 0 radical (unpaired) electrons. The average molecular weight is 300 g/mol. The quantitative estimate of drug-likeness (QED) is 0.755. The molecule has 0 fully saturated rings. The zero-order valence-corrected chi connectivity index (χ0v) is 10.1. The third-order valence-electron chi connectivity index (χ3n) is 2.07. The molecule has 2 rings (SSSR count). The molecule has 0 unspecified atom stereocenters. The Hall–Kier alpha value is -0.980. The SMILES string of the molecule is Cc1ncn(-c2ncc(I)cn2)c1C. The fourth-order valence-corrected chi connectivity index (χ4v) is 1.41. The molecule has 0 saturated heterocycles. The number of hydrogen-bond donors (Lipinski definition) is 0. The van der Waals surface area contributed by atoms with Crippen molar-refractivity contribution in [2.24, 2.45) is 0 Å². The summed E-state index contributed by atoms with van der Waals surface area (Å²) in [5.41, 5.74) is 2.08. The largest absolute Gasteiger partial charge is 0.271 e. The van der Waals surface area contributed by atoms with E-state index in [9.17, 15) is 0 Å². The molecule has 5 heteroatoms. The van der Waals surface area contributed by atoms with Crippen molar-refractivity contribution in [3.63, 3.8) is 0 Å². The first kappa shape index (κ1) is 9.57. The van der Waals surface area contributed by atoms with E-state index in [-0.39, 0.29) is 0 Å². The maximum atomic E-state index is 4.23. The highest BCUT2D eigenvalue weighted by atomic mass is 127. The average Bonchev–Trinajstić information content (AvgIpc) is 2.50. The summed E-state index contributed by atoms with van der Waals surface area (Å²) in [6.07, 6.45) is 5.32. The molecule has 14 heavy (non-hydrogen) atoms. The molecule has 0 amide bonds. The van der Waals surface area contributed by atoms with Crippen LogP contribution in [0.15, 0.2) is 18.7 Å². The van der Waals surface area contributed by atoms with Crippen molar-refractivity contribution in [3.05, 3.63) is 33.7 Å². The molecular formula is C9H9IN4. The van der Waals surface area contributed by atoms with Crippen molar-refractivity contribution in [1.82, 2.24) is 19.5 Å². The summed E-state index contributed by atoms with van der Waals surface area (Å²) >= 11 is 2.18.